The smallest absolute Gasteiger partial charge is 0.203 e. The minimum Gasteiger partial charge on any atom is -0.493 e. The number of benzene rings is 2. The summed E-state index contributed by atoms with van der Waals surface area (Å²) >= 11 is 0. The summed E-state index contributed by atoms with van der Waals surface area (Å²) in [5, 5.41) is 4.67. The zero-order valence-electron chi connectivity index (χ0n) is 18.1. The third-order valence-electron chi connectivity index (χ3n) is 5.86. The van der Waals surface area contributed by atoms with E-state index in [0.717, 1.165) is 38.0 Å². The number of methoxy groups -OCH3 is 2. The molecule has 0 aliphatic carbocycles. The molecule has 30 heavy (non-hydrogen) atoms. The van der Waals surface area contributed by atoms with E-state index in [2.05, 4.69) is 64.8 Å². The molecule has 0 bridgehead atoms. The van der Waals surface area contributed by atoms with Crippen LogP contribution in [-0.4, -0.2) is 44.5 Å². The van der Waals surface area contributed by atoms with E-state index in [4.69, 9.17) is 14.2 Å². The van der Waals surface area contributed by atoms with Gasteiger partial charge in [-0.3, -0.25) is 4.90 Å². The first-order valence-electron chi connectivity index (χ1n) is 10.7. The first kappa shape index (κ1) is 20.5. The van der Waals surface area contributed by atoms with Crippen LogP contribution in [0.5, 0.6) is 17.2 Å². The second-order valence-electron chi connectivity index (χ2n) is 7.89. The minimum atomic E-state index is 0.0987. The van der Waals surface area contributed by atoms with Crippen molar-refractivity contribution < 1.29 is 14.2 Å². The van der Waals surface area contributed by atoms with Crippen molar-refractivity contribution in [2.24, 2.45) is 11.0 Å². The van der Waals surface area contributed by atoms with Crippen LogP contribution in [0, 0.1) is 5.92 Å². The molecule has 4 rings (SSSR count). The van der Waals surface area contributed by atoms with E-state index in [1.54, 1.807) is 14.2 Å². The van der Waals surface area contributed by atoms with Gasteiger partial charge in [0.05, 0.1) is 26.9 Å². The Labute approximate surface area is 178 Å². The third kappa shape index (κ3) is 4.24. The molecule has 2 aromatic rings. The molecule has 160 valence electrons. The SMILES string of the molecule is CCCOc1c(OC)cc(C2NN=C3CCN(Cc4ccccc4)CC32)cc1OC. The summed E-state index contributed by atoms with van der Waals surface area (Å²) in [5.41, 5.74) is 7.09. The fraction of sp³-hybridized carbons (Fsp3) is 0.458. The Morgan fingerprint density at radius 3 is 2.50 bits per heavy atom. The molecule has 2 aliphatic heterocycles. The molecule has 1 N–H and O–H groups in total. The van der Waals surface area contributed by atoms with Crippen molar-refractivity contribution in [3.05, 3.63) is 53.6 Å². The van der Waals surface area contributed by atoms with Gasteiger partial charge in [-0.25, -0.2) is 0 Å². The van der Waals surface area contributed by atoms with E-state index in [-0.39, 0.29) is 6.04 Å². The first-order valence-corrected chi connectivity index (χ1v) is 10.7. The van der Waals surface area contributed by atoms with Crippen LogP contribution < -0.4 is 19.6 Å². The Kier molecular flexibility index (Phi) is 6.43. The van der Waals surface area contributed by atoms with Gasteiger partial charge in [-0.15, -0.1) is 0 Å². The predicted octanol–water partition coefficient (Wildman–Crippen LogP) is 4.02. The number of hydrogen-bond acceptors (Lipinski definition) is 6. The number of nitrogens with one attached hydrogen (secondary N) is 1. The average molecular weight is 410 g/mol. The number of hydrazone groups is 1. The van der Waals surface area contributed by atoms with E-state index >= 15 is 0 Å². The molecule has 0 radical (unpaired) electrons. The monoisotopic (exact) mass is 409 g/mol. The predicted molar refractivity (Wildman–Crippen MR) is 118 cm³/mol. The number of hydrogen-bond donors (Lipinski definition) is 1. The van der Waals surface area contributed by atoms with Crippen molar-refractivity contribution in [3.63, 3.8) is 0 Å². The summed E-state index contributed by atoms with van der Waals surface area (Å²) in [6.45, 7) is 5.68. The maximum absolute atomic E-state index is 5.90. The molecule has 6 nitrogen and oxygen atoms in total. The molecule has 2 heterocycles. The molecule has 2 atom stereocenters. The van der Waals surface area contributed by atoms with E-state index in [0.29, 0.717) is 29.8 Å². The van der Waals surface area contributed by atoms with Crippen molar-refractivity contribution in [2.45, 2.75) is 32.4 Å². The molecular weight excluding hydrogens is 378 g/mol. The van der Waals surface area contributed by atoms with Crippen molar-refractivity contribution >= 4 is 5.71 Å². The number of rotatable bonds is 8. The van der Waals surface area contributed by atoms with Crippen molar-refractivity contribution in [1.82, 2.24) is 10.3 Å². The topological polar surface area (TPSA) is 55.3 Å². The van der Waals surface area contributed by atoms with Gasteiger partial charge in [0.2, 0.25) is 5.75 Å². The van der Waals surface area contributed by atoms with Crippen LogP contribution in [0.4, 0.5) is 0 Å². The number of piperidine rings is 1. The standard InChI is InChI=1S/C24H31N3O3/c1-4-12-30-24-21(28-2)13-18(14-22(24)29-3)23-19-16-27(11-10-20(19)25-26-23)15-17-8-6-5-7-9-17/h5-9,13-14,19,23,26H,4,10-12,15-16H2,1-3H3. The summed E-state index contributed by atoms with van der Waals surface area (Å²) in [6, 6.07) is 14.9. The summed E-state index contributed by atoms with van der Waals surface area (Å²) in [5.74, 6) is 2.40. The molecular formula is C24H31N3O3. The van der Waals surface area contributed by atoms with Gasteiger partial charge < -0.3 is 19.6 Å². The van der Waals surface area contributed by atoms with Gasteiger partial charge in [0.15, 0.2) is 11.5 Å². The number of likely N-dealkylation sites (tertiary alicyclic amines) is 1. The molecule has 6 heteroatoms. The molecule has 1 saturated heterocycles. The fourth-order valence-electron chi connectivity index (χ4n) is 4.33. The van der Waals surface area contributed by atoms with Crippen LogP contribution in [0.15, 0.2) is 47.6 Å². The van der Waals surface area contributed by atoms with Crippen LogP contribution in [0.25, 0.3) is 0 Å². The molecule has 1 fully saturated rings. The van der Waals surface area contributed by atoms with E-state index in [1.807, 2.05) is 0 Å². The van der Waals surface area contributed by atoms with Gasteiger partial charge in [0.1, 0.15) is 0 Å². The van der Waals surface area contributed by atoms with Gasteiger partial charge in [-0.1, -0.05) is 37.3 Å². The maximum atomic E-state index is 5.90. The highest BCUT2D eigenvalue weighted by atomic mass is 16.5. The maximum Gasteiger partial charge on any atom is 0.203 e. The second-order valence-corrected chi connectivity index (χ2v) is 7.89. The lowest BCUT2D eigenvalue weighted by atomic mass is 9.86. The molecule has 0 amide bonds. The molecule has 0 spiro atoms. The highest BCUT2D eigenvalue weighted by Crippen LogP contribution is 2.43. The number of nitrogens with zero attached hydrogens (tertiary/aromatic N) is 2. The Morgan fingerprint density at radius 2 is 1.83 bits per heavy atom. The summed E-state index contributed by atoms with van der Waals surface area (Å²) < 4.78 is 17.2. The zero-order valence-corrected chi connectivity index (χ0v) is 18.1. The van der Waals surface area contributed by atoms with Crippen LogP contribution in [-0.2, 0) is 6.54 Å². The lowest BCUT2D eigenvalue weighted by molar-refractivity contribution is 0.219. The Morgan fingerprint density at radius 1 is 1.10 bits per heavy atom. The van der Waals surface area contributed by atoms with Gasteiger partial charge in [-0.2, -0.15) is 5.10 Å². The van der Waals surface area contributed by atoms with Crippen LogP contribution in [0.2, 0.25) is 0 Å². The fourth-order valence-corrected chi connectivity index (χ4v) is 4.33. The highest BCUT2D eigenvalue weighted by Gasteiger charge is 2.37. The molecule has 2 unspecified atom stereocenters. The minimum absolute atomic E-state index is 0.0987. The molecule has 2 aromatic carbocycles. The normalized spacial score (nSPS) is 20.8. The van der Waals surface area contributed by atoms with Gasteiger partial charge in [0.25, 0.3) is 0 Å². The number of fused-ring (bicyclic) bond motifs is 1. The Hall–Kier alpha value is -2.73. The van der Waals surface area contributed by atoms with Crippen molar-refractivity contribution in [2.75, 3.05) is 33.9 Å². The van der Waals surface area contributed by atoms with Crippen molar-refractivity contribution in [1.29, 1.82) is 0 Å². The van der Waals surface area contributed by atoms with Gasteiger partial charge in [0, 0.05) is 37.7 Å². The average Bonchev–Trinajstić information content (AvgIpc) is 3.21. The Bertz CT molecular complexity index is 860. The van der Waals surface area contributed by atoms with Gasteiger partial charge in [-0.05, 0) is 29.7 Å². The van der Waals surface area contributed by atoms with Gasteiger partial charge >= 0.3 is 0 Å². The summed E-state index contributed by atoms with van der Waals surface area (Å²) in [6.07, 6.45) is 1.92. The van der Waals surface area contributed by atoms with Crippen LogP contribution in [0.3, 0.4) is 0 Å². The van der Waals surface area contributed by atoms with E-state index in [1.165, 1.54) is 11.3 Å². The first-order chi connectivity index (χ1) is 14.7. The van der Waals surface area contributed by atoms with E-state index < -0.39 is 0 Å². The lowest BCUT2D eigenvalue weighted by Crippen LogP contribution is -2.41. The van der Waals surface area contributed by atoms with E-state index in [9.17, 15) is 0 Å². The molecule has 0 saturated carbocycles. The Balaban J connectivity index is 1.55. The largest absolute Gasteiger partial charge is 0.493 e. The van der Waals surface area contributed by atoms with Crippen LogP contribution in [0.1, 0.15) is 36.9 Å². The summed E-state index contributed by atoms with van der Waals surface area (Å²) in [4.78, 5) is 2.52. The molecule has 2 aliphatic rings. The molecule has 0 aromatic heterocycles. The quantitative estimate of drug-likeness (QED) is 0.714. The zero-order chi connectivity index (χ0) is 20.9. The second kappa shape index (κ2) is 9.39. The van der Waals surface area contributed by atoms with Crippen molar-refractivity contribution in [3.8, 4) is 17.2 Å². The lowest BCUT2D eigenvalue weighted by Gasteiger charge is -2.34. The highest BCUT2D eigenvalue weighted by molar-refractivity contribution is 5.90. The summed E-state index contributed by atoms with van der Waals surface area (Å²) in [7, 11) is 3.34. The third-order valence-corrected chi connectivity index (χ3v) is 5.86. The van der Waals surface area contributed by atoms with Crippen LogP contribution >= 0.6 is 0 Å². The number of ether oxygens (including phenoxy) is 3.